The van der Waals surface area contributed by atoms with E-state index in [1.54, 1.807) is 0 Å². The van der Waals surface area contributed by atoms with E-state index >= 15 is 0 Å². The minimum atomic E-state index is -0.711. The van der Waals surface area contributed by atoms with Gasteiger partial charge in [0.15, 0.2) is 0 Å². The fourth-order valence-corrected chi connectivity index (χ4v) is 0.821. The van der Waals surface area contributed by atoms with Crippen LogP contribution in [-0.4, -0.2) is 23.7 Å². The van der Waals surface area contributed by atoms with Gasteiger partial charge < -0.3 is 9.84 Å². The maximum atomic E-state index is 10.7. The molecule has 0 rings (SSSR count). The minimum absolute atomic E-state index is 0.0593. The van der Waals surface area contributed by atoms with E-state index in [1.165, 1.54) is 0 Å². The van der Waals surface area contributed by atoms with Crippen molar-refractivity contribution in [2.75, 3.05) is 6.61 Å². The monoisotopic (exact) mass is 232 g/mol. The normalized spacial score (nSPS) is 8.94. The van der Waals surface area contributed by atoms with Gasteiger partial charge in [-0.25, -0.2) is 0 Å². The van der Waals surface area contributed by atoms with Crippen LogP contribution in [0.15, 0.2) is 0 Å². The summed E-state index contributed by atoms with van der Waals surface area (Å²) in [6.45, 7) is 6.48. The fraction of sp³-hybridized carbons (Fsp3) is 0.833. The summed E-state index contributed by atoms with van der Waals surface area (Å²) in [6.07, 6.45) is 4.53. The number of esters is 1. The number of unbranched alkanes of at least 4 members (excludes halogenated alkanes) is 1. The topological polar surface area (TPSA) is 63.6 Å². The van der Waals surface area contributed by atoms with Gasteiger partial charge in [0, 0.05) is 12.8 Å². The van der Waals surface area contributed by atoms with Gasteiger partial charge in [-0.15, -0.1) is 0 Å². The molecule has 0 aliphatic heterocycles. The largest absolute Gasteiger partial charge is 0.481 e. The average molecular weight is 232 g/mol. The SMILES string of the molecule is CCCC(=O)O.CCCCOC(=O)CCC. The third-order valence-electron chi connectivity index (χ3n) is 1.68. The highest BCUT2D eigenvalue weighted by molar-refractivity contribution is 5.69. The van der Waals surface area contributed by atoms with Crippen LogP contribution in [0.5, 0.6) is 0 Å². The number of ether oxygens (including phenoxy) is 1. The van der Waals surface area contributed by atoms with Crippen LogP contribution in [0.1, 0.15) is 59.3 Å². The van der Waals surface area contributed by atoms with Crippen LogP contribution in [0, 0.1) is 0 Å². The Hall–Kier alpha value is -1.06. The second-order valence-electron chi connectivity index (χ2n) is 3.47. The Kier molecular flexibility index (Phi) is 15.1. The highest BCUT2D eigenvalue weighted by atomic mass is 16.5. The highest BCUT2D eigenvalue weighted by Crippen LogP contribution is 1.93. The number of carboxylic acids is 1. The van der Waals surface area contributed by atoms with Gasteiger partial charge in [0.2, 0.25) is 0 Å². The van der Waals surface area contributed by atoms with Crippen LogP contribution in [0.4, 0.5) is 0 Å². The second kappa shape index (κ2) is 13.9. The van der Waals surface area contributed by atoms with Crippen molar-refractivity contribution in [1.29, 1.82) is 0 Å². The van der Waals surface area contributed by atoms with E-state index in [9.17, 15) is 9.59 Å². The summed E-state index contributed by atoms with van der Waals surface area (Å²) >= 11 is 0. The van der Waals surface area contributed by atoms with E-state index < -0.39 is 5.97 Å². The third kappa shape index (κ3) is 18.7. The molecule has 0 spiro atoms. The van der Waals surface area contributed by atoms with Crippen LogP contribution in [-0.2, 0) is 14.3 Å². The molecule has 0 aliphatic carbocycles. The predicted molar refractivity (Wildman–Crippen MR) is 63.3 cm³/mol. The molecule has 96 valence electrons. The molecular formula is C12H24O4. The van der Waals surface area contributed by atoms with Gasteiger partial charge in [-0.05, 0) is 19.3 Å². The van der Waals surface area contributed by atoms with Gasteiger partial charge in [0.25, 0.3) is 0 Å². The van der Waals surface area contributed by atoms with Crippen LogP contribution in [0.25, 0.3) is 0 Å². The number of carbonyl (C=O) groups is 2. The van der Waals surface area contributed by atoms with Crippen molar-refractivity contribution in [2.24, 2.45) is 0 Å². The van der Waals surface area contributed by atoms with E-state index in [1.807, 2.05) is 13.8 Å². The van der Waals surface area contributed by atoms with Gasteiger partial charge in [-0.3, -0.25) is 9.59 Å². The second-order valence-corrected chi connectivity index (χ2v) is 3.47. The Morgan fingerprint density at radius 1 is 1.00 bits per heavy atom. The zero-order valence-electron chi connectivity index (χ0n) is 10.6. The molecule has 0 fully saturated rings. The molecule has 0 amide bonds. The third-order valence-corrected chi connectivity index (χ3v) is 1.68. The van der Waals surface area contributed by atoms with Crippen molar-refractivity contribution < 1.29 is 19.4 Å². The zero-order chi connectivity index (χ0) is 12.8. The molecule has 0 heterocycles. The molecule has 0 unspecified atom stereocenters. The highest BCUT2D eigenvalue weighted by Gasteiger charge is 1.97. The van der Waals surface area contributed by atoms with E-state index in [-0.39, 0.29) is 5.97 Å². The molecule has 0 radical (unpaired) electrons. The van der Waals surface area contributed by atoms with Crippen molar-refractivity contribution in [1.82, 2.24) is 0 Å². The molecule has 0 aromatic heterocycles. The summed E-state index contributed by atoms with van der Waals surface area (Å²) in [5, 5.41) is 7.91. The Bertz CT molecular complexity index is 178. The molecule has 0 aromatic rings. The zero-order valence-corrected chi connectivity index (χ0v) is 10.6. The quantitative estimate of drug-likeness (QED) is 0.541. The molecule has 16 heavy (non-hydrogen) atoms. The average Bonchev–Trinajstić information content (AvgIpc) is 2.19. The summed E-state index contributed by atoms with van der Waals surface area (Å²) in [4.78, 5) is 20.3. The number of carbonyl (C=O) groups excluding carboxylic acids is 1. The van der Waals surface area contributed by atoms with Gasteiger partial charge in [-0.1, -0.05) is 27.2 Å². The molecular weight excluding hydrogens is 208 g/mol. The number of rotatable bonds is 7. The lowest BCUT2D eigenvalue weighted by molar-refractivity contribution is -0.143. The Morgan fingerprint density at radius 2 is 1.56 bits per heavy atom. The molecule has 1 N–H and O–H groups in total. The van der Waals surface area contributed by atoms with Crippen molar-refractivity contribution in [3.05, 3.63) is 0 Å². The van der Waals surface area contributed by atoms with Gasteiger partial charge in [0.05, 0.1) is 6.61 Å². The molecule has 4 heteroatoms. The van der Waals surface area contributed by atoms with Gasteiger partial charge in [0.1, 0.15) is 0 Å². The first-order chi connectivity index (χ1) is 7.58. The minimum Gasteiger partial charge on any atom is -0.481 e. The van der Waals surface area contributed by atoms with Crippen molar-refractivity contribution in [2.45, 2.75) is 59.3 Å². The molecule has 0 saturated carbocycles. The maximum Gasteiger partial charge on any atom is 0.305 e. The maximum absolute atomic E-state index is 10.7. The number of hydrogen-bond acceptors (Lipinski definition) is 3. The van der Waals surface area contributed by atoms with Gasteiger partial charge >= 0.3 is 11.9 Å². The molecule has 4 nitrogen and oxygen atoms in total. The van der Waals surface area contributed by atoms with Crippen molar-refractivity contribution in [3.8, 4) is 0 Å². The summed E-state index contributed by atoms with van der Waals surface area (Å²) in [5.41, 5.74) is 0. The lowest BCUT2D eigenvalue weighted by Crippen LogP contribution is -2.04. The Balaban J connectivity index is 0. The first kappa shape index (κ1) is 17.3. The molecule has 0 atom stereocenters. The summed E-state index contributed by atoms with van der Waals surface area (Å²) in [6, 6.07) is 0. The number of aliphatic carboxylic acids is 1. The standard InChI is InChI=1S/C8H16O2.C4H8O2/c1-3-5-7-10-8(9)6-4-2;1-2-3-4(5)6/h3-7H2,1-2H3;2-3H2,1H3,(H,5,6). The number of hydrogen-bond donors (Lipinski definition) is 1. The molecule has 0 aliphatic rings. The van der Waals surface area contributed by atoms with Crippen LogP contribution in [0.2, 0.25) is 0 Å². The Morgan fingerprint density at radius 3 is 1.88 bits per heavy atom. The molecule has 0 bridgehead atoms. The molecule has 0 saturated heterocycles. The molecule has 0 aromatic carbocycles. The van der Waals surface area contributed by atoms with E-state index in [2.05, 4.69) is 6.92 Å². The van der Waals surface area contributed by atoms with Crippen molar-refractivity contribution >= 4 is 11.9 Å². The fourth-order valence-electron chi connectivity index (χ4n) is 0.821. The predicted octanol–water partition coefficient (Wildman–Crippen LogP) is 3.00. The van der Waals surface area contributed by atoms with E-state index in [0.717, 1.165) is 25.7 Å². The first-order valence-electron chi connectivity index (χ1n) is 5.95. The summed E-state index contributed by atoms with van der Waals surface area (Å²) < 4.78 is 4.88. The van der Waals surface area contributed by atoms with Crippen LogP contribution >= 0.6 is 0 Å². The smallest absolute Gasteiger partial charge is 0.305 e. The lowest BCUT2D eigenvalue weighted by atomic mass is 10.3. The summed E-state index contributed by atoms with van der Waals surface area (Å²) in [5.74, 6) is -0.770. The number of carboxylic acid groups (broad SMARTS) is 1. The van der Waals surface area contributed by atoms with Crippen LogP contribution in [0.3, 0.4) is 0 Å². The Labute approximate surface area is 98.0 Å². The van der Waals surface area contributed by atoms with E-state index in [0.29, 0.717) is 19.4 Å². The van der Waals surface area contributed by atoms with Crippen LogP contribution < -0.4 is 0 Å². The van der Waals surface area contributed by atoms with Gasteiger partial charge in [-0.2, -0.15) is 0 Å². The lowest BCUT2D eigenvalue weighted by Gasteiger charge is -2.00. The van der Waals surface area contributed by atoms with E-state index in [4.69, 9.17) is 9.84 Å². The van der Waals surface area contributed by atoms with Crippen molar-refractivity contribution in [3.63, 3.8) is 0 Å². The first-order valence-corrected chi connectivity index (χ1v) is 5.95. The summed E-state index contributed by atoms with van der Waals surface area (Å²) in [7, 11) is 0.